The van der Waals surface area contributed by atoms with Gasteiger partial charge in [0.2, 0.25) is 10.0 Å². The molecule has 0 amide bonds. The molecule has 0 aromatic heterocycles. The van der Waals surface area contributed by atoms with Crippen molar-refractivity contribution in [2.24, 2.45) is 5.92 Å². The van der Waals surface area contributed by atoms with Crippen LogP contribution in [0.15, 0.2) is 21.5 Å². The van der Waals surface area contributed by atoms with E-state index in [1.54, 1.807) is 6.92 Å². The van der Waals surface area contributed by atoms with E-state index >= 15 is 0 Å². The van der Waals surface area contributed by atoms with Gasteiger partial charge in [-0.1, -0.05) is 33.6 Å². The fraction of sp³-hybridized carbons (Fsp3) is 0.571. The van der Waals surface area contributed by atoms with Gasteiger partial charge in [-0.3, -0.25) is 0 Å². The van der Waals surface area contributed by atoms with Crippen LogP contribution in [0.5, 0.6) is 0 Å². The minimum atomic E-state index is -4.00. The summed E-state index contributed by atoms with van der Waals surface area (Å²) in [6.07, 6.45) is 1.69. The van der Waals surface area contributed by atoms with Crippen molar-refractivity contribution in [3.63, 3.8) is 0 Å². The lowest BCUT2D eigenvalue weighted by atomic mass is 10.0. The van der Waals surface area contributed by atoms with Gasteiger partial charge in [0.05, 0.1) is 0 Å². The molecule has 0 aliphatic carbocycles. The van der Waals surface area contributed by atoms with Gasteiger partial charge >= 0.3 is 0 Å². The van der Waals surface area contributed by atoms with Crippen LogP contribution >= 0.6 is 15.9 Å². The van der Waals surface area contributed by atoms with Gasteiger partial charge < -0.3 is 0 Å². The molecule has 1 rings (SSSR count). The second-order valence-corrected chi connectivity index (χ2v) is 7.57. The zero-order valence-corrected chi connectivity index (χ0v) is 14.8. The summed E-state index contributed by atoms with van der Waals surface area (Å²) < 4.78 is 53.4. The third-order valence-corrected chi connectivity index (χ3v) is 6.44. The molecule has 3 nitrogen and oxygen atoms in total. The Hall–Kier alpha value is -0.530. The molecular weight excluding hydrogens is 364 g/mol. The average Bonchev–Trinajstić information content (AvgIpc) is 2.38. The summed E-state index contributed by atoms with van der Waals surface area (Å²) in [6.45, 7) is 6.25. The van der Waals surface area contributed by atoms with E-state index in [0.29, 0.717) is 12.6 Å². The van der Waals surface area contributed by atoms with E-state index in [1.807, 2.05) is 13.8 Å². The summed E-state index contributed by atoms with van der Waals surface area (Å²) in [5.74, 6) is -1.69. The molecule has 0 atom stereocenters. The third kappa shape index (κ3) is 4.23. The maximum absolute atomic E-state index is 13.9. The lowest BCUT2D eigenvalue weighted by Gasteiger charge is -2.25. The largest absolute Gasteiger partial charge is 0.247 e. The Morgan fingerprint density at radius 2 is 1.76 bits per heavy atom. The fourth-order valence-electron chi connectivity index (χ4n) is 2.14. The molecule has 0 fully saturated rings. The quantitative estimate of drug-likeness (QED) is 0.708. The lowest BCUT2D eigenvalue weighted by molar-refractivity contribution is 0.337. The Morgan fingerprint density at radius 1 is 1.19 bits per heavy atom. The lowest BCUT2D eigenvalue weighted by Crippen LogP contribution is -2.35. The fourth-order valence-corrected chi connectivity index (χ4v) is 4.77. The summed E-state index contributed by atoms with van der Waals surface area (Å²) in [6, 6.07) is 1.55. The molecule has 0 aliphatic heterocycles. The van der Waals surface area contributed by atoms with E-state index < -0.39 is 26.6 Å². The maximum atomic E-state index is 13.9. The zero-order chi connectivity index (χ0) is 16.2. The molecule has 0 radical (unpaired) electrons. The number of rotatable bonds is 7. The maximum Gasteiger partial charge on any atom is 0.247 e. The molecule has 1 aromatic carbocycles. The van der Waals surface area contributed by atoms with Crippen molar-refractivity contribution in [2.75, 3.05) is 13.1 Å². The minimum Gasteiger partial charge on any atom is -0.207 e. The minimum absolute atomic E-state index is 0.0944. The zero-order valence-electron chi connectivity index (χ0n) is 12.4. The van der Waals surface area contributed by atoms with E-state index in [4.69, 9.17) is 0 Å². The molecule has 0 unspecified atom stereocenters. The molecule has 0 N–H and O–H groups in total. The van der Waals surface area contributed by atoms with Crippen LogP contribution in [-0.2, 0) is 10.0 Å². The Balaban J connectivity index is 3.25. The Labute approximate surface area is 133 Å². The normalized spacial score (nSPS) is 12.4. The van der Waals surface area contributed by atoms with Crippen LogP contribution < -0.4 is 0 Å². The van der Waals surface area contributed by atoms with E-state index in [9.17, 15) is 17.2 Å². The molecule has 0 bridgehead atoms. The predicted molar refractivity (Wildman–Crippen MR) is 82.6 cm³/mol. The SMILES string of the molecule is CCC(CC)CN(CC)S(=O)(=O)c1c(F)cc(F)cc1Br. The van der Waals surface area contributed by atoms with Gasteiger partial charge in [0.1, 0.15) is 16.5 Å². The summed E-state index contributed by atoms with van der Waals surface area (Å²) in [5, 5.41) is 0. The number of hydrogen-bond donors (Lipinski definition) is 0. The monoisotopic (exact) mass is 383 g/mol. The van der Waals surface area contributed by atoms with E-state index in [-0.39, 0.29) is 16.9 Å². The number of halogens is 3. The van der Waals surface area contributed by atoms with Crippen molar-refractivity contribution in [3.05, 3.63) is 28.2 Å². The molecule has 21 heavy (non-hydrogen) atoms. The first-order valence-electron chi connectivity index (χ1n) is 6.92. The average molecular weight is 384 g/mol. The molecule has 0 heterocycles. The Bertz CT molecular complexity index is 566. The van der Waals surface area contributed by atoms with Gasteiger partial charge in [-0.2, -0.15) is 4.31 Å². The number of hydrogen-bond acceptors (Lipinski definition) is 2. The van der Waals surface area contributed by atoms with Crippen LogP contribution in [0.2, 0.25) is 0 Å². The second kappa shape index (κ2) is 7.65. The van der Waals surface area contributed by atoms with Gasteiger partial charge in [0, 0.05) is 23.6 Å². The van der Waals surface area contributed by atoms with Crippen LogP contribution in [0.25, 0.3) is 0 Å². The van der Waals surface area contributed by atoms with Crippen LogP contribution in [0.4, 0.5) is 8.78 Å². The van der Waals surface area contributed by atoms with Crippen LogP contribution in [0.1, 0.15) is 33.6 Å². The predicted octanol–water partition coefficient (Wildman–Crippen LogP) is 4.17. The molecule has 120 valence electrons. The first-order valence-corrected chi connectivity index (χ1v) is 9.15. The molecule has 7 heteroatoms. The van der Waals surface area contributed by atoms with E-state index in [0.717, 1.165) is 18.9 Å². The molecule has 0 spiro atoms. The van der Waals surface area contributed by atoms with Crippen molar-refractivity contribution >= 4 is 26.0 Å². The first kappa shape index (κ1) is 18.5. The van der Waals surface area contributed by atoms with Gasteiger partial charge in [-0.05, 0) is 27.9 Å². The first-order chi connectivity index (χ1) is 9.77. The van der Waals surface area contributed by atoms with Crippen molar-refractivity contribution < 1.29 is 17.2 Å². The smallest absolute Gasteiger partial charge is 0.207 e. The van der Waals surface area contributed by atoms with Crippen LogP contribution in [0.3, 0.4) is 0 Å². The Kier molecular flexibility index (Phi) is 6.74. The Morgan fingerprint density at radius 3 is 2.19 bits per heavy atom. The van der Waals surface area contributed by atoms with Crippen LogP contribution in [-0.4, -0.2) is 25.8 Å². The van der Waals surface area contributed by atoms with E-state index in [2.05, 4.69) is 15.9 Å². The van der Waals surface area contributed by atoms with Crippen molar-refractivity contribution in [1.82, 2.24) is 4.31 Å². The van der Waals surface area contributed by atoms with Crippen molar-refractivity contribution in [2.45, 2.75) is 38.5 Å². The standard InChI is InChI=1S/C14H20BrF2NO2S/c1-4-10(5-2)9-18(6-3)21(19,20)14-12(15)7-11(16)8-13(14)17/h7-8,10H,4-6,9H2,1-3H3. The molecule has 0 saturated carbocycles. The molecule has 1 aromatic rings. The van der Waals surface area contributed by atoms with Gasteiger partial charge in [0.15, 0.2) is 0 Å². The van der Waals surface area contributed by atoms with Gasteiger partial charge in [-0.15, -0.1) is 0 Å². The van der Waals surface area contributed by atoms with E-state index in [1.165, 1.54) is 4.31 Å². The highest BCUT2D eigenvalue weighted by atomic mass is 79.9. The highest BCUT2D eigenvalue weighted by Crippen LogP contribution is 2.29. The number of benzene rings is 1. The highest BCUT2D eigenvalue weighted by molar-refractivity contribution is 9.10. The summed E-state index contributed by atoms with van der Waals surface area (Å²) in [5.41, 5.74) is 0. The van der Waals surface area contributed by atoms with Crippen LogP contribution in [0, 0.1) is 17.6 Å². The summed E-state index contributed by atoms with van der Waals surface area (Å²) >= 11 is 2.95. The second-order valence-electron chi connectivity index (χ2n) is 4.84. The molecule has 0 aliphatic rings. The van der Waals surface area contributed by atoms with Gasteiger partial charge in [0.25, 0.3) is 0 Å². The topological polar surface area (TPSA) is 37.4 Å². The third-order valence-electron chi connectivity index (χ3n) is 3.53. The molecule has 0 saturated heterocycles. The highest BCUT2D eigenvalue weighted by Gasteiger charge is 2.30. The summed E-state index contributed by atoms with van der Waals surface area (Å²) in [4.78, 5) is -0.503. The summed E-state index contributed by atoms with van der Waals surface area (Å²) in [7, 11) is -4.00. The van der Waals surface area contributed by atoms with Crippen molar-refractivity contribution in [1.29, 1.82) is 0 Å². The van der Waals surface area contributed by atoms with Gasteiger partial charge in [-0.25, -0.2) is 17.2 Å². The number of nitrogens with zero attached hydrogens (tertiary/aromatic N) is 1. The van der Waals surface area contributed by atoms with Crippen molar-refractivity contribution in [3.8, 4) is 0 Å². The molecular formula is C14H20BrF2NO2S. The number of sulfonamides is 1.